The second-order valence-corrected chi connectivity index (χ2v) is 2.12. The van der Waals surface area contributed by atoms with Gasteiger partial charge in [-0.2, -0.15) is 0 Å². The van der Waals surface area contributed by atoms with Gasteiger partial charge in [0.25, 0.3) is 0 Å². The van der Waals surface area contributed by atoms with Gasteiger partial charge < -0.3 is 8.25 Å². The fraction of sp³-hybridized carbons (Fsp3) is 0.167. The first-order valence-corrected chi connectivity index (χ1v) is 3.27. The lowest BCUT2D eigenvalue weighted by Crippen LogP contribution is -2.00. The summed E-state index contributed by atoms with van der Waals surface area (Å²) in [6.07, 6.45) is 1.26. The minimum Gasteiger partial charge on any atom is -0.465 e. The maximum atomic E-state index is 10.9. The van der Waals surface area contributed by atoms with Crippen molar-refractivity contribution in [2.45, 2.75) is 6.92 Å². The molecule has 0 atom stereocenters. The molecule has 0 amide bonds. The Morgan fingerprint density at radius 3 is 2.90 bits per heavy atom. The first-order chi connectivity index (χ1) is 4.74. The van der Waals surface area contributed by atoms with Crippen molar-refractivity contribution in [3.63, 3.8) is 0 Å². The quantitative estimate of drug-likeness (QED) is 0.699. The first-order valence-electron chi connectivity index (χ1n) is 2.62. The van der Waals surface area contributed by atoms with Crippen LogP contribution in [0.3, 0.4) is 0 Å². The molecule has 0 bridgehead atoms. The smallest absolute Gasteiger partial charge is 0.228 e. The number of aryl methyl sites for hydroxylation is 1. The summed E-state index contributed by atoms with van der Waals surface area (Å²) < 4.78 is 9.38. The van der Waals surface area contributed by atoms with E-state index in [1.807, 2.05) is 0 Å². The first kappa shape index (κ1) is 7.34. The number of rotatable bonds is 1. The Labute approximate surface area is 66.1 Å². The minimum absolute atomic E-state index is 0.158. The molecule has 0 N–H and O–H groups in total. The summed E-state index contributed by atoms with van der Waals surface area (Å²) in [5, 5.41) is 0. The van der Waals surface area contributed by atoms with Crippen LogP contribution in [-0.2, 0) is 0 Å². The second kappa shape index (κ2) is 2.88. The lowest BCUT2D eigenvalue weighted by atomic mass is 10.4. The molecule has 10 heavy (non-hydrogen) atoms. The normalized spacial score (nSPS) is 9.40. The molecule has 0 spiro atoms. The van der Waals surface area contributed by atoms with Gasteiger partial charge in [0, 0.05) is 6.07 Å². The van der Waals surface area contributed by atoms with Gasteiger partial charge in [0.1, 0.15) is 12.0 Å². The largest absolute Gasteiger partial charge is 0.465 e. The van der Waals surface area contributed by atoms with Crippen molar-refractivity contribution in [2.75, 3.05) is 0 Å². The van der Waals surface area contributed by atoms with Gasteiger partial charge in [0.15, 0.2) is 16.3 Å². The van der Waals surface area contributed by atoms with E-state index in [0.29, 0.717) is 5.76 Å². The molecule has 3 nitrogen and oxygen atoms in total. The van der Waals surface area contributed by atoms with Crippen LogP contribution in [0.25, 0.3) is 0 Å². The van der Waals surface area contributed by atoms with Crippen molar-refractivity contribution in [1.29, 1.82) is 0 Å². The fourth-order valence-corrected chi connectivity index (χ4v) is 0.786. The highest BCUT2D eigenvalue weighted by Gasteiger charge is 1.99. The van der Waals surface area contributed by atoms with E-state index in [2.05, 4.69) is 20.1 Å². The standard InChI is InChI=1S/C6H5BrO3/c1-4-2-5(8)6(10-7)3-9-4/h2-3H,1H3. The van der Waals surface area contributed by atoms with E-state index in [4.69, 9.17) is 4.42 Å². The number of hydrogen-bond acceptors (Lipinski definition) is 3. The molecule has 0 saturated heterocycles. The van der Waals surface area contributed by atoms with Crippen LogP contribution in [0, 0.1) is 6.92 Å². The molecular weight excluding hydrogens is 200 g/mol. The average molecular weight is 205 g/mol. The highest BCUT2D eigenvalue weighted by atomic mass is 79.9. The molecule has 0 fully saturated rings. The Kier molecular flexibility index (Phi) is 2.11. The molecule has 0 aliphatic rings. The van der Waals surface area contributed by atoms with E-state index in [-0.39, 0.29) is 11.2 Å². The molecule has 0 aliphatic heterocycles. The highest BCUT2D eigenvalue weighted by molar-refractivity contribution is 9.06. The Hall–Kier alpha value is -0.770. The zero-order valence-electron chi connectivity index (χ0n) is 5.26. The van der Waals surface area contributed by atoms with Crippen LogP contribution >= 0.6 is 16.3 Å². The van der Waals surface area contributed by atoms with Gasteiger partial charge in [0.2, 0.25) is 11.2 Å². The molecule has 0 saturated carbocycles. The summed E-state index contributed by atoms with van der Waals surface area (Å²) in [4.78, 5) is 10.9. The van der Waals surface area contributed by atoms with Crippen LogP contribution in [0.5, 0.6) is 5.75 Å². The highest BCUT2D eigenvalue weighted by Crippen LogP contribution is 2.06. The summed E-state index contributed by atoms with van der Waals surface area (Å²) in [5.41, 5.74) is -0.194. The monoisotopic (exact) mass is 204 g/mol. The Balaban J connectivity index is 3.20. The lowest BCUT2D eigenvalue weighted by molar-refractivity contribution is 0.488. The third-order valence-electron chi connectivity index (χ3n) is 1.01. The van der Waals surface area contributed by atoms with E-state index in [0.717, 1.165) is 0 Å². The summed E-state index contributed by atoms with van der Waals surface area (Å²) >= 11 is 2.67. The van der Waals surface area contributed by atoms with E-state index >= 15 is 0 Å². The van der Waals surface area contributed by atoms with Gasteiger partial charge in [-0.25, -0.2) is 0 Å². The molecule has 0 aromatic carbocycles. The summed E-state index contributed by atoms with van der Waals surface area (Å²) in [5.74, 6) is 0.726. The van der Waals surface area contributed by atoms with Crippen molar-refractivity contribution in [3.05, 3.63) is 28.3 Å². The zero-order valence-corrected chi connectivity index (χ0v) is 6.84. The van der Waals surface area contributed by atoms with E-state index in [1.54, 1.807) is 6.92 Å². The van der Waals surface area contributed by atoms with Gasteiger partial charge >= 0.3 is 0 Å². The average Bonchev–Trinajstić information content (AvgIpc) is 1.88. The topological polar surface area (TPSA) is 39.4 Å². The van der Waals surface area contributed by atoms with Gasteiger partial charge in [-0.15, -0.1) is 0 Å². The van der Waals surface area contributed by atoms with Crippen molar-refractivity contribution in [3.8, 4) is 5.75 Å². The van der Waals surface area contributed by atoms with Gasteiger partial charge in [0.05, 0.1) is 0 Å². The maximum absolute atomic E-state index is 10.9. The predicted molar refractivity (Wildman–Crippen MR) is 39.3 cm³/mol. The fourth-order valence-electron chi connectivity index (χ4n) is 0.551. The Bertz CT molecular complexity index is 279. The Morgan fingerprint density at radius 1 is 1.70 bits per heavy atom. The van der Waals surface area contributed by atoms with Crippen molar-refractivity contribution >= 4 is 16.3 Å². The maximum Gasteiger partial charge on any atom is 0.228 e. The van der Waals surface area contributed by atoms with Crippen molar-refractivity contribution in [2.24, 2.45) is 0 Å². The van der Waals surface area contributed by atoms with Gasteiger partial charge in [-0.1, -0.05) is 0 Å². The molecule has 0 radical (unpaired) electrons. The minimum atomic E-state index is -0.194. The van der Waals surface area contributed by atoms with Crippen LogP contribution in [0.15, 0.2) is 21.5 Å². The van der Waals surface area contributed by atoms with Crippen LogP contribution < -0.4 is 9.26 Å². The molecule has 0 aliphatic carbocycles. The van der Waals surface area contributed by atoms with Crippen LogP contribution in [0.1, 0.15) is 5.76 Å². The molecule has 54 valence electrons. The molecule has 1 rings (SSSR count). The third kappa shape index (κ3) is 1.39. The van der Waals surface area contributed by atoms with Gasteiger partial charge in [-0.3, -0.25) is 4.79 Å². The van der Waals surface area contributed by atoms with Crippen molar-refractivity contribution in [1.82, 2.24) is 0 Å². The molecule has 1 heterocycles. The summed E-state index contributed by atoms with van der Waals surface area (Å²) in [6.45, 7) is 1.69. The van der Waals surface area contributed by atoms with Crippen LogP contribution in [0.4, 0.5) is 0 Å². The SMILES string of the molecule is Cc1cc(=O)c(OBr)co1. The van der Waals surface area contributed by atoms with Gasteiger partial charge in [-0.05, 0) is 6.92 Å². The van der Waals surface area contributed by atoms with Crippen LogP contribution in [-0.4, -0.2) is 0 Å². The van der Waals surface area contributed by atoms with Crippen molar-refractivity contribution < 1.29 is 8.25 Å². The van der Waals surface area contributed by atoms with E-state index in [9.17, 15) is 4.79 Å². The predicted octanol–water partition coefficient (Wildman–Crippen LogP) is 1.64. The third-order valence-corrected chi connectivity index (χ3v) is 1.36. The van der Waals surface area contributed by atoms with E-state index in [1.165, 1.54) is 12.3 Å². The molecule has 0 unspecified atom stereocenters. The number of halogens is 1. The summed E-state index contributed by atoms with van der Waals surface area (Å²) in [7, 11) is 0. The molecule has 1 aromatic rings. The molecule has 4 heteroatoms. The second-order valence-electron chi connectivity index (χ2n) is 1.80. The van der Waals surface area contributed by atoms with E-state index < -0.39 is 0 Å². The zero-order chi connectivity index (χ0) is 7.56. The molecular formula is C6H5BrO3. The lowest BCUT2D eigenvalue weighted by Gasteiger charge is -1.93. The summed E-state index contributed by atoms with van der Waals surface area (Å²) in [6, 6.07) is 1.36. The van der Waals surface area contributed by atoms with Crippen LogP contribution in [0.2, 0.25) is 0 Å². The Morgan fingerprint density at radius 2 is 2.40 bits per heavy atom. The number of hydrogen-bond donors (Lipinski definition) is 0. The molecule has 1 aromatic heterocycles.